The van der Waals surface area contributed by atoms with Gasteiger partial charge in [0.1, 0.15) is 0 Å². The molecule has 70 valence electrons. The predicted octanol–water partition coefficient (Wildman–Crippen LogP) is 3.21. The molecular formula is C11H21N. The molecule has 1 atom stereocenters. The second kappa shape index (κ2) is 4.54. The van der Waals surface area contributed by atoms with E-state index in [-0.39, 0.29) is 0 Å². The Bertz CT molecular complexity index is 170. The molecule has 1 aliphatic carbocycles. The van der Waals surface area contributed by atoms with E-state index in [1.807, 2.05) is 0 Å². The van der Waals surface area contributed by atoms with Crippen molar-refractivity contribution in [1.29, 1.82) is 0 Å². The second-order valence-corrected chi connectivity index (χ2v) is 3.75. The summed E-state index contributed by atoms with van der Waals surface area (Å²) in [6.07, 6.45) is 7.59. The van der Waals surface area contributed by atoms with Crippen LogP contribution in [0.15, 0.2) is 11.3 Å². The normalized spacial score (nSPS) is 25.7. The van der Waals surface area contributed by atoms with Crippen molar-refractivity contribution in [2.45, 2.75) is 52.4 Å². The lowest BCUT2D eigenvalue weighted by Gasteiger charge is -2.16. The molecule has 0 heterocycles. The van der Waals surface area contributed by atoms with Crippen molar-refractivity contribution in [3.8, 4) is 0 Å². The summed E-state index contributed by atoms with van der Waals surface area (Å²) < 4.78 is 0. The topological polar surface area (TPSA) is 26.0 Å². The summed E-state index contributed by atoms with van der Waals surface area (Å²) in [7, 11) is 0. The van der Waals surface area contributed by atoms with Gasteiger partial charge in [0.05, 0.1) is 0 Å². The van der Waals surface area contributed by atoms with Crippen LogP contribution < -0.4 is 5.73 Å². The maximum absolute atomic E-state index is 6.04. The molecule has 1 unspecified atom stereocenters. The quantitative estimate of drug-likeness (QED) is 0.671. The Morgan fingerprint density at radius 3 is 2.67 bits per heavy atom. The maximum atomic E-state index is 6.04. The molecule has 0 aromatic carbocycles. The van der Waals surface area contributed by atoms with Crippen molar-refractivity contribution in [2.75, 3.05) is 0 Å². The van der Waals surface area contributed by atoms with E-state index in [9.17, 15) is 0 Å². The number of hydrogen-bond donors (Lipinski definition) is 1. The smallest absolute Gasteiger partial charge is 0.00750 e. The van der Waals surface area contributed by atoms with Crippen LogP contribution in [-0.4, -0.2) is 0 Å². The predicted molar refractivity (Wildman–Crippen MR) is 53.8 cm³/mol. The van der Waals surface area contributed by atoms with Gasteiger partial charge in [0.2, 0.25) is 0 Å². The average molecular weight is 167 g/mol. The van der Waals surface area contributed by atoms with Gasteiger partial charge in [0.15, 0.2) is 0 Å². The summed E-state index contributed by atoms with van der Waals surface area (Å²) in [6.45, 7) is 4.51. The van der Waals surface area contributed by atoms with E-state index in [1.165, 1.54) is 31.4 Å². The third-order valence-corrected chi connectivity index (χ3v) is 3.03. The lowest BCUT2D eigenvalue weighted by Crippen LogP contribution is -2.08. The second-order valence-electron chi connectivity index (χ2n) is 3.75. The maximum Gasteiger partial charge on any atom is 0.00750 e. The number of nitrogens with two attached hydrogens (primary N) is 1. The number of rotatable bonds is 2. The lowest BCUT2D eigenvalue weighted by molar-refractivity contribution is 0.514. The first-order valence-corrected chi connectivity index (χ1v) is 5.27. The Kier molecular flexibility index (Phi) is 3.64. The monoisotopic (exact) mass is 167 g/mol. The Balaban J connectivity index is 2.76. The molecule has 12 heavy (non-hydrogen) atoms. The molecule has 0 saturated heterocycles. The van der Waals surface area contributed by atoms with E-state index in [0.29, 0.717) is 0 Å². The minimum absolute atomic E-state index is 0.789. The molecule has 0 bridgehead atoms. The SMILES string of the molecule is CCC1=C(N)CCCCC1CC. The van der Waals surface area contributed by atoms with Gasteiger partial charge in [-0.15, -0.1) is 0 Å². The highest BCUT2D eigenvalue weighted by atomic mass is 14.6. The van der Waals surface area contributed by atoms with Crippen molar-refractivity contribution in [1.82, 2.24) is 0 Å². The number of hydrogen-bond acceptors (Lipinski definition) is 1. The summed E-state index contributed by atoms with van der Waals surface area (Å²) in [6, 6.07) is 0. The fourth-order valence-electron chi connectivity index (χ4n) is 2.27. The molecule has 0 spiro atoms. The Labute approximate surface area is 76.0 Å². The highest BCUT2D eigenvalue weighted by molar-refractivity contribution is 5.15. The molecule has 0 saturated carbocycles. The molecule has 1 nitrogen and oxygen atoms in total. The minimum atomic E-state index is 0.789. The van der Waals surface area contributed by atoms with Crippen LogP contribution in [0.1, 0.15) is 52.4 Å². The average Bonchev–Trinajstić information content (AvgIpc) is 2.26. The van der Waals surface area contributed by atoms with Crippen LogP contribution in [0, 0.1) is 5.92 Å². The van der Waals surface area contributed by atoms with Gasteiger partial charge in [-0.1, -0.05) is 20.3 Å². The van der Waals surface area contributed by atoms with E-state index in [2.05, 4.69) is 13.8 Å². The molecule has 0 aliphatic heterocycles. The molecule has 1 heteroatoms. The molecule has 0 amide bonds. The van der Waals surface area contributed by atoms with Crippen LogP contribution >= 0.6 is 0 Å². The van der Waals surface area contributed by atoms with Crippen LogP contribution in [0.25, 0.3) is 0 Å². The molecular weight excluding hydrogens is 146 g/mol. The highest BCUT2D eigenvalue weighted by Crippen LogP contribution is 2.30. The van der Waals surface area contributed by atoms with E-state index in [4.69, 9.17) is 5.73 Å². The summed E-state index contributed by atoms with van der Waals surface area (Å²) >= 11 is 0. The first kappa shape index (κ1) is 9.63. The van der Waals surface area contributed by atoms with Gasteiger partial charge in [0, 0.05) is 5.70 Å². The lowest BCUT2D eigenvalue weighted by atomic mass is 9.90. The standard InChI is InChI=1S/C11H21N/c1-3-9-7-5-6-8-11(12)10(9)4-2/h9H,3-8,12H2,1-2H3. The number of allylic oxidation sites excluding steroid dienone is 2. The van der Waals surface area contributed by atoms with Gasteiger partial charge in [0.25, 0.3) is 0 Å². The molecule has 2 N–H and O–H groups in total. The van der Waals surface area contributed by atoms with Crippen molar-refractivity contribution in [3.63, 3.8) is 0 Å². The Morgan fingerprint density at radius 1 is 1.33 bits per heavy atom. The molecule has 1 aliphatic rings. The zero-order valence-electron chi connectivity index (χ0n) is 8.40. The van der Waals surface area contributed by atoms with Crippen LogP contribution in [0.2, 0.25) is 0 Å². The summed E-state index contributed by atoms with van der Waals surface area (Å²) in [5, 5.41) is 0. The van der Waals surface area contributed by atoms with Crippen LogP contribution in [0.5, 0.6) is 0 Å². The first-order valence-electron chi connectivity index (χ1n) is 5.27. The zero-order valence-corrected chi connectivity index (χ0v) is 8.40. The summed E-state index contributed by atoms with van der Waals surface area (Å²) in [5.41, 5.74) is 8.78. The summed E-state index contributed by atoms with van der Waals surface area (Å²) in [5.74, 6) is 0.789. The van der Waals surface area contributed by atoms with Crippen molar-refractivity contribution in [2.24, 2.45) is 11.7 Å². The zero-order chi connectivity index (χ0) is 8.97. The van der Waals surface area contributed by atoms with Crippen molar-refractivity contribution >= 4 is 0 Å². The fourth-order valence-corrected chi connectivity index (χ4v) is 2.27. The molecule has 0 aromatic rings. The van der Waals surface area contributed by atoms with Gasteiger partial charge < -0.3 is 5.73 Å². The Morgan fingerprint density at radius 2 is 2.08 bits per heavy atom. The van der Waals surface area contributed by atoms with Crippen LogP contribution in [0.3, 0.4) is 0 Å². The first-order chi connectivity index (χ1) is 5.79. The van der Waals surface area contributed by atoms with E-state index < -0.39 is 0 Å². The van der Waals surface area contributed by atoms with Gasteiger partial charge in [-0.3, -0.25) is 0 Å². The van der Waals surface area contributed by atoms with Crippen molar-refractivity contribution in [3.05, 3.63) is 11.3 Å². The Hall–Kier alpha value is -0.460. The fraction of sp³-hybridized carbons (Fsp3) is 0.818. The van der Waals surface area contributed by atoms with Gasteiger partial charge in [-0.2, -0.15) is 0 Å². The van der Waals surface area contributed by atoms with Gasteiger partial charge in [-0.25, -0.2) is 0 Å². The minimum Gasteiger partial charge on any atom is -0.402 e. The van der Waals surface area contributed by atoms with E-state index in [1.54, 1.807) is 5.57 Å². The molecule has 1 rings (SSSR count). The largest absolute Gasteiger partial charge is 0.402 e. The summed E-state index contributed by atoms with van der Waals surface area (Å²) in [4.78, 5) is 0. The van der Waals surface area contributed by atoms with Gasteiger partial charge >= 0.3 is 0 Å². The van der Waals surface area contributed by atoms with Crippen LogP contribution in [0.4, 0.5) is 0 Å². The van der Waals surface area contributed by atoms with Crippen molar-refractivity contribution < 1.29 is 0 Å². The van der Waals surface area contributed by atoms with Crippen LogP contribution in [-0.2, 0) is 0 Å². The highest BCUT2D eigenvalue weighted by Gasteiger charge is 2.16. The van der Waals surface area contributed by atoms with Gasteiger partial charge in [-0.05, 0) is 43.6 Å². The van der Waals surface area contributed by atoms with E-state index >= 15 is 0 Å². The third-order valence-electron chi connectivity index (χ3n) is 3.03. The third kappa shape index (κ3) is 2.02. The molecule has 0 aromatic heterocycles. The molecule has 0 radical (unpaired) electrons. The van der Waals surface area contributed by atoms with E-state index in [0.717, 1.165) is 18.8 Å². The molecule has 0 fully saturated rings.